The van der Waals surface area contributed by atoms with Gasteiger partial charge in [-0.2, -0.15) is 5.10 Å². The van der Waals surface area contributed by atoms with Crippen LogP contribution in [0.4, 0.5) is 0 Å². The molecule has 0 aliphatic heterocycles. The Kier molecular flexibility index (Phi) is 4.22. The Morgan fingerprint density at radius 1 is 1.30 bits per heavy atom. The predicted octanol–water partition coefficient (Wildman–Crippen LogP) is 1.01. The molecular formula is C13H23N3O3S. The third-order valence-electron chi connectivity index (χ3n) is 4.09. The van der Waals surface area contributed by atoms with Crippen molar-refractivity contribution in [1.29, 1.82) is 0 Å². The van der Waals surface area contributed by atoms with Crippen molar-refractivity contribution in [2.45, 2.75) is 56.4 Å². The number of nitrogens with zero attached hydrogens (tertiary/aromatic N) is 2. The topological polar surface area (TPSA) is 84.2 Å². The monoisotopic (exact) mass is 301 g/mol. The Labute approximate surface area is 120 Å². The first kappa shape index (κ1) is 15.5. The summed E-state index contributed by atoms with van der Waals surface area (Å²) in [6.45, 7) is 3.48. The number of aliphatic hydroxyl groups is 1. The minimum atomic E-state index is -3.63. The maximum atomic E-state index is 12.4. The molecule has 1 fully saturated rings. The molecule has 114 valence electrons. The number of aromatic nitrogens is 2. The zero-order chi connectivity index (χ0) is 15.0. The largest absolute Gasteiger partial charge is 0.389 e. The second kappa shape index (κ2) is 5.46. The number of sulfonamides is 1. The Morgan fingerprint density at radius 3 is 2.40 bits per heavy atom. The quantitative estimate of drug-likeness (QED) is 0.869. The first-order chi connectivity index (χ1) is 9.25. The van der Waals surface area contributed by atoms with E-state index in [9.17, 15) is 13.5 Å². The summed E-state index contributed by atoms with van der Waals surface area (Å²) in [7, 11) is -1.91. The molecule has 0 unspecified atom stereocenters. The number of rotatable bonds is 4. The van der Waals surface area contributed by atoms with Gasteiger partial charge < -0.3 is 5.11 Å². The molecule has 6 nitrogen and oxygen atoms in total. The Hall–Kier alpha value is -0.920. The molecule has 1 aromatic rings. The molecule has 2 N–H and O–H groups in total. The highest BCUT2D eigenvalue weighted by Crippen LogP contribution is 2.28. The molecule has 0 amide bonds. The van der Waals surface area contributed by atoms with Crippen LogP contribution in [0, 0.1) is 13.8 Å². The van der Waals surface area contributed by atoms with Gasteiger partial charge in [-0.1, -0.05) is 19.3 Å². The van der Waals surface area contributed by atoms with E-state index in [0.717, 1.165) is 19.3 Å². The molecule has 7 heteroatoms. The van der Waals surface area contributed by atoms with Gasteiger partial charge in [0.25, 0.3) is 0 Å². The summed E-state index contributed by atoms with van der Waals surface area (Å²) in [4.78, 5) is 0.222. The van der Waals surface area contributed by atoms with Crippen LogP contribution in [0.25, 0.3) is 0 Å². The van der Waals surface area contributed by atoms with Crippen LogP contribution in [0.5, 0.6) is 0 Å². The average molecular weight is 301 g/mol. The molecule has 1 aromatic heterocycles. The SMILES string of the molecule is Cc1nn(C)c(C)c1S(=O)(=O)NCC1(O)CCCCC1. The standard InChI is InChI=1S/C13H23N3O3S/c1-10-12(11(2)16(3)15-10)20(18,19)14-9-13(17)7-5-4-6-8-13/h14,17H,4-9H2,1-3H3. The van der Waals surface area contributed by atoms with Crippen molar-refractivity contribution in [2.24, 2.45) is 7.05 Å². The molecular weight excluding hydrogens is 278 g/mol. The minimum Gasteiger partial charge on any atom is -0.389 e. The maximum absolute atomic E-state index is 12.4. The fourth-order valence-corrected chi connectivity index (χ4v) is 4.39. The van der Waals surface area contributed by atoms with Crippen LogP contribution in [0.1, 0.15) is 43.5 Å². The highest BCUT2D eigenvalue weighted by atomic mass is 32.2. The van der Waals surface area contributed by atoms with Gasteiger partial charge >= 0.3 is 0 Å². The fourth-order valence-electron chi connectivity index (χ4n) is 2.83. The number of hydrogen-bond donors (Lipinski definition) is 2. The fraction of sp³-hybridized carbons (Fsp3) is 0.769. The molecule has 0 aromatic carbocycles. The van der Waals surface area contributed by atoms with Gasteiger partial charge in [-0.25, -0.2) is 13.1 Å². The van der Waals surface area contributed by atoms with Crippen LogP contribution < -0.4 is 4.72 Å². The van der Waals surface area contributed by atoms with Crippen molar-refractivity contribution in [3.05, 3.63) is 11.4 Å². The van der Waals surface area contributed by atoms with Crippen LogP contribution in [0.15, 0.2) is 4.90 Å². The Balaban J connectivity index is 2.15. The van der Waals surface area contributed by atoms with E-state index in [0.29, 0.717) is 24.2 Å². The van der Waals surface area contributed by atoms with Crippen LogP contribution >= 0.6 is 0 Å². The summed E-state index contributed by atoms with van der Waals surface area (Å²) in [5, 5.41) is 14.5. The molecule has 0 spiro atoms. The molecule has 2 rings (SSSR count). The third kappa shape index (κ3) is 3.05. The van der Waals surface area contributed by atoms with Crippen molar-refractivity contribution in [3.63, 3.8) is 0 Å². The highest BCUT2D eigenvalue weighted by Gasteiger charge is 2.32. The van der Waals surface area contributed by atoms with E-state index < -0.39 is 15.6 Å². The van der Waals surface area contributed by atoms with Crippen molar-refractivity contribution >= 4 is 10.0 Å². The minimum absolute atomic E-state index is 0.0725. The summed E-state index contributed by atoms with van der Waals surface area (Å²) in [6, 6.07) is 0. The smallest absolute Gasteiger partial charge is 0.244 e. The first-order valence-electron chi connectivity index (χ1n) is 6.97. The van der Waals surface area contributed by atoms with E-state index >= 15 is 0 Å². The van der Waals surface area contributed by atoms with Gasteiger partial charge in [0, 0.05) is 13.6 Å². The van der Waals surface area contributed by atoms with Crippen molar-refractivity contribution in [2.75, 3.05) is 6.54 Å². The zero-order valence-electron chi connectivity index (χ0n) is 12.3. The molecule has 1 heterocycles. The lowest BCUT2D eigenvalue weighted by molar-refractivity contribution is 0.00945. The maximum Gasteiger partial charge on any atom is 0.244 e. The summed E-state index contributed by atoms with van der Waals surface area (Å²) in [5.41, 5.74) is 0.175. The lowest BCUT2D eigenvalue weighted by atomic mass is 9.85. The van der Waals surface area contributed by atoms with Crippen molar-refractivity contribution in [1.82, 2.24) is 14.5 Å². The normalized spacial score (nSPS) is 19.2. The van der Waals surface area contributed by atoms with E-state index in [2.05, 4.69) is 9.82 Å². The van der Waals surface area contributed by atoms with Crippen LogP contribution in [0.2, 0.25) is 0 Å². The lowest BCUT2D eigenvalue weighted by Gasteiger charge is -2.32. The second-order valence-electron chi connectivity index (χ2n) is 5.73. The van der Waals surface area contributed by atoms with E-state index in [1.165, 1.54) is 0 Å². The average Bonchev–Trinajstić information content (AvgIpc) is 2.63. The zero-order valence-corrected chi connectivity index (χ0v) is 13.1. The molecule has 0 radical (unpaired) electrons. The number of nitrogens with one attached hydrogen (secondary N) is 1. The van der Waals surface area contributed by atoms with Crippen LogP contribution in [-0.4, -0.2) is 35.5 Å². The molecule has 0 saturated heterocycles. The molecule has 1 aliphatic rings. The summed E-state index contributed by atoms with van der Waals surface area (Å²) >= 11 is 0. The molecule has 1 aliphatic carbocycles. The van der Waals surface area contributed by atoms with E-state index in [1.807, 2.05) is 0 Å². The van der Waals surface area contributed by atoms with Gasteiger partial charge in [0.05, 0.1) is 17.0 Å². The predicted molar refractivity (Wildman–Crippen MR) is 75.9 cm³/mol. The Bertz CT molecular complexity index is 586. The van der Waals surface area contributed by atoms with Gasteiger partial charge in [0.15, 0.2) is 0 Å². The van der Waals surface area contributed by atoms with E-state index in [-0.39, 0.29) is 11.4 Å². The molecule has 0 bridgehead atoms. The summed E-state index contributed by atoms with van der Waals surface area (Å²) in [5.74, 6) is 0. The van der Waals surface area contributed by atoms with E-state index in [1.54, 1.807) is 25.6 Å². The lowest BCUT2D eigenvalue weighted by Crippen LogP contribution is -2.44. The van der Waals surface area contributed by atoms with Gasteiger partial charge in [-0.3, -0.25) is 4.68 Å². The van der Waals surface area contributed by atoms with Gasteiger partial charge in [0.2, 0.25) is 10.0 Å². The van der Waals surface area contributed by atoms with Gasteiger partial charge in [-0.05, 0) is 26.7 Å². The van der Waals surface area contributed by atoms with Crippen molar-refractivity contribution < 1.29 is 13.5 Å². The molecule has 1 saturated carbocycles. The van der Waals surface area contributed by atoms with Crippen LogP contribution in [0.3, 0.4) is 0 Å². The van der Waals surface area contributed by atoms with E-state index in [4.69, 9.17) is 0 Å². The van der Waals surface area contributed by atoms with Gasteiger partial charge in [0.1, 0.15) is 4.90 Å². The third-order valence-corrected chi connectivity index (χ3v) is 5.74. The summed E-state index contributed by atoms with van der Waals surface area (Å²) < 4.78 is 28.9. The Morgan fingerprint density at radius 2 is 1.90 bits per heavy atom. The number of hydrogen-bond acceptors (Lipinski definition) is 4. The van der Waals surface area contributed by atoms with Crippen molar-refractivity contribution in [3.8, 4) is 0 Å². The first-order valence-corrected chi connectivity index (χ1v) is 8.46. The van der Waals surface area contributed by atoms with Crippen LogP contribution in [-0.2, 0) is 17.1 Å². The van der Waals surface area contributed by atoms with Gasteiger partial charge in [-0.15, -0.1) is 0 Å². The second-order valence-corrected chi connectivity index (χ2v) is 7.44. The number of aryl methyl sites for hydroxylation is 2. The molecule has 0 atom stereocenters. The molecule has 20 heavy (non-hydrogen) atoms. The summed E-state index contributed by atoms with van der Waals surface area (Å²) in [6.07, 6.45) is 4.31. The highest BCUT2D eigenvalue weighted by molar-refractivity contribution is 7.89.